The summed E-state index contributed by atoms with van der Waals surface area (Å²) in [5.74, 6) is -0.568. The largest absolute Gasteiger partial charge is 0.483 e. The molecule has 0 amide bonds. The lowest BCUT2D eigenvalue weighted by Gasteiger charge is -2.11. The monoisotopic (exact) mass is 542 g/mol. The maximum Gasteiger partial charge on any atom is 0.338 e. The second kappa shape index (κ2) is 9.24. The van der Waals surface area contributed by atoms with Gasteiger partial charge in [0.1, 0.15) is 36.2 Å². The highest BCUT2D eigenvalue weighted by molar-refractivity contribution is 6.39. The minimum atomic E-state index is -1.41. The zero-order valence-electron chi connectivity index (χ0n) is 19.0. The molecule has 0 atom stereocenters. The number of carboxylic acids is 1. The van der Waals surface area contributed by atoms with E-state index in [0.29, 0.717) is 32.7 Å². The number of nitrogens with zero attached hydrogens (tertiary/aromatic N) is 2. The molecule has 6 rings (SSSR count). The number of aromatic nitrogens is 2. The van der Waals surface area contributed by atoms with Gasteiger partial charge in [-0.15, -0.1) is 0 Å². The van der Waals surface area contributed by atoms with Crippen molar-refractivity contribution in [3.05, 3.63) is 80.9 Å². The van der Waals surface area contributed by atoms with E-state index in [4.69, 9.17) is 41.9 Å². The minimum Gasteiger partial charge on any atom is -0.483 e. The third-order valence-corrected chi connectivity index (χ3v) is 6.72. The summed E-state index contributed by atoms with van der Waals surface area (Å²) >= 11 is 12.8. The van der Waals surface area contributed by atoms with Crippen molar-refractivity contribution in [2.45, 2.75) is 32.0 Å². The molecule has 0 radical (unpaired) electrons. The smallest absolute Gasteiger partial charge is 0.338 e. The zero-order valence-corrected chi connectivity index (χ0v) is 20.5. The van der Waals surface area contributed by atoms with E-state index in [1.165, 1.54) is 0 Å². The van der Waals surface area contributed by atoms with Crippen molar-refractivity contribution in [2.24, 2.45) is 0 Å². The molecule has 3 heterocycles. The van der Waals surface area contributed by atoms with Gasteiger partial charge in [-0.05, 0) is 31.0 Å². The fourth-order valence-corrected chi connectivity index (χ4v) is 4.67. The van der Waals surface area contributed by atoms with Crippen molar-refractivity contribution in [1.29, 1.82) is 0 Å². The number of benzene rings is 2. The molecular formula is C26H17Cl2FN2O6. The highest BCUT2D eigenvalue weighted by atomic mass is 35.5. The molecule has 1 aliphatic carbocycles. The number of pyridine rings is 1. The van der Waals surface area contributed by atoms with Crippen molar-refractivity contribution in [3.8, 4) is 34.4 Å². The van der Waals surface area contributed by atoms with E-state index in [1.807, 2.05) is 0 Å². The van der Waals surface area contributed by atoms with E-state index in [9.17, 15) is 14.3 Å². The number of fused-ring (bicyclic) bond motifs is 2. The standard InChI is InChI=1S/C26H17Cl2FN2O6/c27-15-2-1-3-16(28)23(15)24-14(25(37-31-24)12-4-5-12)10-35-22-7-6-19-18(30-22)11-34-20-9-17(29)13(26(32)33)8-21(20)36-19/h1-3,6-9,12H,4-5,10-11H2,(H,32,33). The molecule has 2 aromatic heterocycles. The Hall–Kier alpha value is -3.82. The quantitative estimate of drug-likeness (QED) is 0.277. The van der Waals surface area contributed by atoms with E-state index < -0.39 is 17.3 Å². The summed E-state index contributed by atoms with van der Waals surface area (Å²) in [6.45, 7) is 0.0690. The molecule has 11 heteroatoms. The zero-order chi connectivity index (χ0) is 25.7. The Bertz CT molecular complexity index is 1530. The van der Waals surface area contributed by atoms with Crippen LogP contribution in [-0.2, 0) is 13.2 Å². The van der Waals surface area contributed by atoms with Gasteiger partial charge in [0.15, 0.2) is 17.2 Å². The summed E-state index contributed by atoms with van der Waals surface area (Å²) in [5.41, 5.74) is 1.71. The Kier molecular flexibility index (Phi) is 5.89. The molecule has 0 bridgehead atoms. The van der Waals surface area contributed by atoms with E-state index in [1.54, 1.807) is 30.3 Å². The van der Waals surface area contributed by atoms with Crippen LogP contribution in [0, 0.1) is 5.82 Å². The molecule has 37 heavy (non-hydrogen) atoms. The maximum atomic E-state index is 14.1. The highest BCUT2D eigenvalue weighted by Crippen LogP contribution is 2.46. The predicted octanol–water partition coefficient (Wildman–Crippen LogP) is 7.02. The second-order valence-electron chi connectivity index (χ2n) is 8.60. The molecule has 4 aromatic rings. The maximum absolute atomic E-state index is 14.1. The van der Waals surface area contributed by atoms with Crippen LogP contribution >= 0.6 is 23.2 Å². The number of carbonyl (C=O) groups is 1. The minimum absolute atomic E-state index is 0.0353. The molecule has 1 fully saturated rings. The Balaban J connectivity index is 1.27. The molecule has 2 aliphatic rings. The van der Waals surface area contributed by atoms with Gasteiger partial charge in [0.2, 0.25) is 5.88 Å². The third kappa shape index (κ3) is 4.45. The van der Waals surface area contributed by atoms with Gasteiger partial charge >= 0.3 is 5.97 Å². The van der Waals surface area contributed by atoms with Crippen molar-refractivity contribution in [1.82, 2.24) is 10.1 Å². The summed E-state index contributed by atoms with van der Waals surface area (Å²) in [5, 5.41) is 14.3. The van der Waals surface area contributed by atoms with E-state index in [-0.39, 0.29) is 36.5 Å². The van der Waals surface area contributed by atoms with Crippen molar-refractivity contribution < 1.29 is 33.0 Å². The molecular weight excluding hydrogens is 526 g/mol. The van der Waals surface area contributed by atoms with Crippen LogP contribution in [0.2, 0.25) is 10.0 Å². The summed E-state index contributed by atoms with van der Waals surface area (Å²) in [4.78, 5) is 15.8. The van der Waals surface area contributed by atoms with Crippen LogP contribution < -0.4 is 14.2 Å². The lowest BCUT2D eigenvalue weighted by atomic mass is 10.0. The number of carboxylic acid groups (broad SMARTS) is 1. The average Bonchev–Trinajstić information content (AvgIpc) is 3.65. The van der Waals surface area contributed by atoms with Crippen LogP contribution in [0.4, 0.5) is 4.39 Å². The van der Waals surface area contributed by atoms with Gasteiger partial charge in [-0.1, -0.05) is 34.4 Å². The first-order valence-corrected chi connectivity index (χ1v) is 12.1. The number of hydrogen-bond acceptors (Lipinski definition) is 7. The first-order valence-electron chi connectivity index (χ1n) is 11.3. The first-order chi connectivity index (χ1) is 17.9. The SMILES string of the molecule is O=C(O)c1cc2c(cc1F)OCc1nc(OCc3c(-c4c(Cl)cccc4Cl)noc3C3CC3)ccc1O2. The van der Waals surface area contributed by atoms with Gasteiger partial charge in [-0.2, -0.15) is 0 Å². The van der Waals surface area contributed by atoms with Gasteiger partial charge in [-0.25, -0.2) is 14.2 Å². The molecule has 1 N–H and O–H groups in total. The Morgan fingerprint density at radius 2 is 1.89 bits per heavy atom. The number of hydrogen-bond donors (Lipinski definition) is 1. The van der Waals surface area contributed by atoms with Gasteiger partial charge in [0.25, 0.3) is 0 Å². The van der Waals surface area contributed by atoms with Crippen LogP contribution in [0.15, 0.2) is 47.0 Å². The molecule has 0 saturated heterocycles. The van der Waals surface area contributed by atoms with Crippen molar-refractivity contribution >= 4 is 29.2 Å². The second-order valence-corrected chi connectivity index (χ2v) is 9.42. The molecule has 0 spiro atoms. The van der Waals surface area contributed by atoms with Crippen LogP contribution in [0.5, 0.6) is 23.1 Å². The number of halogens is 3. The Morgan fingerprint density at radius 3 is 2.62 bits per heavy atom. The first kappa shape index (κ1) is 23.6. The van der Waals surface area contributed by atoms with Crippen LogP contribution in [-0.4, -0.2) is 21.2 Å². The van der Waals surface area contributed by atoms with E-state index in [2.05, 4.69) is 10.1 Å². The van der Waals surface area contributed by atoms with Gasteiger partial charge < -0.3 is 23.8 Å². The van der Waals surface area contributed by atoms with Crippen LogP contribution in [0.25, 0.3) is 11.3 Å². The summed E-state index contributed by atoms with van der Waals surface area (Å²) in [6, 6.07) is 10.5. The number of rotatable bonds is 6. The predicted molar refractivity (Wildman–Crippen MR) is 130 cm³/mol. The lowest BCUT2D eigenvalue weighted by molar-refractivity contribution is 0.0691. The fourth-order valence-electron chi connectivity index (χ4n) is 4.10. The van der Waals surface area contributed by atoms with Crippen molar-refractivity contribution in [3.63, 3.8) is 0 Å². The Morgan fingerprint density at radius 1 is 1.11 bits per heavy atom. The number of aromatic carboxylic acids is 1. The van der Waals surface area contributed by atoms with Crippen LogP contribution in [0.3, 0.4) is 0 Å². The number of ether oxygens (including phenoxy) is 3. The normalized spacial score (nSPS) is 14.1. The highest BCUT2D eigenvalue weighted by Gasteiger charge is 2.34. The molecule has 0 unspecified atom stereocenters. The fraction of sp³-hybridized carbons (Fsp3) is 0.192. The van der Waals surface area contributed by atoms with Gasteiger partial charge in [0.05, 0.1) is 21.2 Å². The molecule has 8 nitrogen and oxygen atoms in total. The Labute approximate surface area is 219 Å². The topological polar surface area (TPSA) is 104 Å². The average molecular weight is 543 g/mol. The van der Waals surface area contributed by atoms with Gasteiger partial charge in [-0.3, -0.25) is 0 Å². The molecule has 2 aromatic carbocycles. The van der Waals surface area contributed by atoms with Crippen LogP contribution in [0.1, 0.15) is 46.1 Å². The summed E-state index contributed by atoms with van der Waals surface area (Å²) in [7, 11) is 0. The summed E-state index contributed by atoms with van der Waals surface area (Å²) < 4.78 is 37.2. The van der Waals surface area contributed by atoms with E-state index >= 15 is 0 Å². The van der Waals surface area contributed by atoms with Crippen molar-refractivity contribution in [2.75, 3.05) is 0 Å². The lowest BCUT2D eigenvalue weighted by Crippen LogP contribution is -2.04. The third-order valence-electron chi connectivity index (χ3n) is 6.09. The van der Waals surface area contributed by atoms with Gasteiger partial charge in [0, 0.05) is 29.7 Å². The summed E-state index contributed by atoms with van der Waals surface area (Å²) in [6.07, 6.45) is 1.99. The molecule has 1 saturated carbocycles. The molecule has 1 aliphatic heterocycles. The molecule has 188 valence electrons. The van der Waals surface area contributed by atoms with E-state index in [0.717, 1.165) is 36.3 Å².